The van der Waals surface area contributed by atoms with E-state index in [1.54, 1.807) is 24.3 Å². The highest BCUT2D eigenvalue weighted by atomic mass is 32.2. The van der Waals surface area contributed by atoms with Crippen LogP contribution in [-0.2, 0) is 4.79 Å². The Morgan fingerprint density at radius 1 is 1.04 bits per heavy atom. The topological polar surface area (TPSA) is 59.1 Å². The number of pyridine rings is 1. The zero-order valence-electron chi connectivity index (χ0n) is 13.2. The molecule has 3 rings (SSSR count). The van der Waals surface area contributed by atoms with Crippen LogP contribution in [0, 0.1) is 0 Å². The van der Waals surface area contributed by atoms with E-state index >= 15 is 0 Å². The summed E-state index contributed by atoms with van der Waals surface area (Å²) in [6.07, 6.45) is 0. The minimum atomic E-state index is -0.129. The number of amides is 1. The van der Waals surface area contributed by atoms with Crippen LogP contribution in [0.15, 0.2) is 65.7 Å². The van der Waals surface area contributed by atoms with Gasteiger partial charge in [0.05, 0.1) is 16.3 Å². The van der Waals surface area contributed by atoms with Crippen molar-refractivity contribution in [1.82, 2.24) is 4.98 Å². The van der Waals surface area contributed by atoms with Crippen molar-refractivity contribution in [3.8, 4) is 0 Å². The standard InChI is InChI=1S/C19H16N2O2S/c1-13(22)15-6-4-7-16(11-15)20-18(23)12-24-19-10-9-14-5-2-3-8-17(14)21-19/h2-11H,12H2,1H3,(H,20,23). The van der Waals surface area contributed by atoms with Gasteiger partial charge in [-0.1, -0.05) is 48.2 Å². The molecule has 3 aromatic rings. The third kappa shape index (κ3) is 4.00. The number of para-hydroxylation sites is 1. The molecule has 1 heterocycles. The van der Waals surface area contributed by atoms with E-state index in [1.807, 2.05) is 36.4 Å². The molecule has 1 aromatic heterocycles. The van der Waals surface area contributed by atoms with E-state index in [0.717, 1.165) is 15.9 Å². The Balaban J connectivity index is 1.62. The fourth-order valence-electron chi connectivity index (χ4n) is 2.28. The average Bonchev–Trinajstić information content (AvgIpc) is 2.60. The number of nitrogens with one attached hydrogen (secondary N) is 1. The molecular weight excluding hydrogens is 320 g/mol. The maximum atomic E-state index is 12.1. The van der Waals surface area contributed by atoms with Crippen LogP contribution in [0.3, 0.4) is 0 Å². The second-order valence-electron chi connectivity index (χ2n) is 5.32. The van der Waals surface area contributed by atoms with E-state index in [2.05, 4.69) is 10.3 Å². The first-order chi connectivity index (χ1) is 11.6. The predicted molar refractivity (Wildman–Crippen MR) is 97.5 cm³/mol. The number of carbonyl (C=O) groups excluding carboxylic acids is 2. The molecule has 0 spiro atoms. The predicted octanol–water partition coefficient (Wildman–Crippen LogP) is 4.17. The van der Waals surface area contributed by atoms with Crippen molar-refractivity contribution in [2.24, 2.45) is 0 Å². The van der Waals surface area contributed by atoms with Crippen molar-refractivity contribution in [3.05, 3.63) is 66.2 Å². The second-order valence-corrected chi connectivity index (χ2v) is 6.31. The van der Waals surface area contributed by atoms with Gasteiger partial charge in [-0.3, -0.25) is 9.59 Å². The number of thioether (sulfide) groups is 1. The molecule has 2 aromatic carbocycles. The Kier molecular flexibility index (Phi) is 4.91. The highest BCUT2D eigenvalue weighted by Crippen LogP contribution is 2.20. The summed E-state index contributed by atoms with van der Waals surface area (Å²) in [7, 11) is 0. The van der Waals surface area contributed by atoms with Crippen LogP contribution < -0.4 is 5.32 Å². The normalized spacial score (nSPS) is 10.5. The molecule has 0 aliphatic carbocycles. The maximum absolute atomic E-state index is 12.1. The van der Waals surface area contributed by atoms with Crippen LogP contribution in [-0.4, -0.2) is 22.4 Å². The van der Waals surface area contributed by atoms with Gasteiger partial charge in [0.25, 0.3) is 0 Å². The SMILES string of the molecule is CC(=O)c1cccc(NC(=O)CSc2ccc3ccccc3n2)c1. The Hall–Kier alpha value is -2.66. The van der Waals surface area contributed by atoms with Gasteiger partial charge in [0, 0.05) is 16.6 Å². The number of nitrogens with zero attached hydrogens (tertiary/aromatic N) is 1. The molecule has 1 N–H and O–H groups in total. The summed E-state index contributed by atoms with van der Waals surface area (Å²) in [5.41, 5.74) is 2.12. The van der Waals surface area contributed by atoms with Gasteiger partial charge >= 0.3 is 0 Å². The van der Waals surface area contributed by atoms with E-state index in [-0.39, 0.29) is 17.4 Å². The lowest BCUT2D eigenvalue weighted by Crippen LogP contribution is -2.14. The third-order valence-electron chi connectivity index (χ3n) is 3.48. The number of hydrogen-bond acceptors (Lipinski definition) is 4. The highest BCUT2D eigenvalue weighted by Gasteiger charge is 2.07. The molecule has 120 valence electrons. The van der Waals surface area contributed by atoms with Gasteiger partial charge in [-0.2, -0.15) is 0 Å². The first-order valence-corrected chi connectivity index (χ1v) is 8.50. The maximum Gasteiger partial charge on any atom is 0.234 e. The molecule has 0 aliphatic heterocycles. The van der Waals surface area contributed by atoms with Crippen LogP contribution in [0.25, 0.3) is 10.9 Å². The lowest BCUT2D eigenvalue weighted by atomic mass is 10.1. The molecule has 0 aliphatic rings. The quantitative estimate of drug-likeness (QED) is 0.561. The zero-order valence-corrected chi connectivity index (χ0v) is 14.0. The van der Waals surface area contributed by atoms with E-state index in [4.69, 9.17) is 0 Å². The molecule has 24 heavy (non-hydrogen) atoms. The fraction of sp³-hybridized carbons (Fsp3) is 0.105. The van der Waals surface area contributed by atoms with Gasteiger partial charge < -0.3 is 5.32 Å². The molecule has 0 saturated heterocycles. The molecule has 0 radical (unpaired) electrons. The lowest BCUT2D eigenvalue weighted by molar-refractivity contribution is -0.113. The molecule has 0 atom stereocenters. The van der Waals surface area contributed by atoms with Crippen LogP contribution in [0.1, 0.15) is 17.3 Å². The molecule has 0 unspecified atom stereocenters. The van der Waals surface area contributed by atoms with Crippen molar-refractivity contribution in [2.75, 3.05) is 11.1 Å². The smallest absolute Gasteiger partial charge is 0.234 e. The van der Waals surface area contributed by atoms with Crippen LogP contribution in [0.5, 0.6) is 0 Å². The number of Topliss-reactive ketones (excluding diaryl/α,β-unsaturated/α-hetero) is 1. The number of fused-ring (bicyclic) bond motifs is 1. The Labute approximate surface area is 144 Å². The molecule has 0 saturated carbocycles. The minimum absolute atomic E-state index is 0.0270. The van der Waals surface area contributed by atoms with E-state index in [1.165, 1.54) is 18.7 Å². The average molecular weight is 336 g/mol. The molecule has 4 nitrogen and oxygen atoms in total. The summed E-state index contributed by atoms with van der Waals surface area (Å²) in [5, 5.41) is 4.69. The monoisotopic (exact) mass is 336 g/mol. The van der Waals surface area contributed by atoms with Crippen LogP contribution in [0.2, 0.25) is 0 Å². The summed E-state index contributed by atoms with van der Waals surface area (Å²) >= 11 is 1.38. The van der Waals surface area contributed by atoms with Gasteiger partial charge in [-0.05, 0) is 31.2 Å². The van der Waals surface area contributed by atoms with Crippen molar-refractivity contribution in [3.63, 3.8) is 0 Å². The Bertz CT molecular complexity index is 909. The van der Waals surface area contributed by atoms with Gasteiger partial charge in [0.15, 0.2) is 5.78 Å². The van der Waals surface area contributed by atoms with Crippen molar-refractivity contribution < 1.29 is 9.59 Å². The summed E-state index contributed by atoms with van der Waals surface area (Å²) in [6.45, 7) is 1.50. The van der Waals surface area contributed by atoms with Gasteiger partial charge in [0.1, 0.15) is 0 Å². The minimum Gasteiger partial charge on any atom is -0.325 e. The molecule has 0 fully saturated rings. The number of rotatable bonds is 5. The Morgan fingerprint density at radius 3 is 2.71 bits per heavy atom. The second kappa shape index (κ2) is 7.27. The van der Waals surface area contributed by atoms with Gasteiger partial charge in [-0.15, -0.1) is 0 Å². The van der Waals surface area contributed by atoms with E-state index < -0.39 is 0 Å². The first-order valence-electron chi connectivity index (χ1n) is 7.51. The van der Waals surface area contributed by atoms with E-state index in [9.17, 15) is 9.59 Å². The van der Waals surface area contributed by atoms with Crippen molar-refractivity contribution >= 4 is 40.0 Å². The van der Waals surface area contributed by atoms with E-state index in [0.29, 0.717) is 11.3 Å². The number of ketones is 1. The molecule has 0 bridgehead atoms. The van der Waals surface area contributed by atoms with Crippen LogP contribution >= 0.6 is 11.8 Å². The summed E-state index contributed by atoms with van der Waals surface area (Å²) in [4.78, 5) is 28.0. The molecule has 5 heteroatoms. The number of benzene rings is 2. The number of anilines is 1. The zero-order chi connectivity index (χ0) is 16.9. The first kappa shape index (κ1) is 16.2. The third-order valence-corrected chi connectivity index (χ3v) is 4.41. The summed E-state index contributed by atoms with van der Waals surface area (Å²) in [6, 6.07) is 18.7. The summed E-state index contributed by atoms with van der Waals surface area (Å²) in [5.74, 6) is 0.104. The van der Waals surface area contributed by atoms with Crippen molar-refractivity contribution in [2.45, 2.75) is 11.9 Å². The van der Waals surface area contributed by atoms with Crippen LogP contribution in [0.4, 0.5) is 5.69 Å². The fourth-order valence-corrected chi connectivity index (χ4v) is 2.96. The van der Waals surface area contributed by atoms with Gasteiger partial charge in [0.2, 0.25) is 5.91 Å². The van der Waals surface area contributed by atoms with Crippen molar-refractivity contribution in [1.29, 1.82) is 0 Å². The highest BCUT2D eigenvalue weighted by molar-refractivity contribution is 7.99. The van der Waals surface area contributed by atoms with Gasteiger partial charge in [-0.25, -0.2) is 4.98 Å². The largest absolute Gasteiger partial charge is 0.325 e. The number of carbonyl (C=O) groups is 2. The number of aromatic nitrogens is 1. The lowest BCUT2D eigenvalue weighted by Gasteiger charge is -2.06. The number of hydrogen-bond donors (Lipinski definition) is 1. The Morgan fingerprint density at radius 2 is 1.88 bits per heavy atom. The molecule has 1 amide bonds. The molecular formula is C19H16N2O2S. The summed E-state index contributed by atoms with van der Waals surface area (Å²) < 4.78 is 0.